The molecule has 114 valence electrons. The minimum atomic E-state index is 0.907. The van der Waals surface area contributed by atoms with E-state index >= 15 is 0 Å². The number of hydrogen-bond donors (Lipinski definition) is 0. The molecule has 0 fully saturated rings. The summed E-state index contributed by atoms with van der Waals surface area (Å²) in [6.45, 7) is 7.65. The summed E-state index contributed by atoms with van der Waals surface area (Å²) in [6, 6.07) is 0. The zero-order valence-electron chi connectivity index (χ0n) is 13.7. The molecule has 1 heteroatoms. The van der Waals surface area contributed by atoms with Crippen molar-refractivity contribution >= 4 is 0 Å². The number of rotatable bonds is 14. The molecule has 0 rings (SSSR count). The van der Waals surface area contributed by atoms with Crippen LogP contribution in [0.15, 0.2) is 11.8 Å². The average molecular weight is 268 g/mol. The Hall–Kier alpha value is -0.460. The lowest BCUT2D eigenvalue weighted by atomic mass is 10.1. The fourth-order valence-corrected chi connectivity index (χ4v) is 2.22. The molecule has 0 aromatic rings. The van der Waals surface area contributed by atoms with Crippen LogP contribution in [0.25, 0.3) is 0 Å². The van der Waals surface area contributed by atoms with Gasteiger partial charge < -0.3 is 4.74 Å². The summed E-state index contributed by atoms with van der Waals surface area (Å²) in [4.78, 5) is 0. The van der Waals surface area contributed by atoms with E-state index in [0.29, 0.717) is 0 Å². The molecule has 0 aliphatic carbocycles. The molecule has 0 radical (unpaired) electrons. The van der Waals surface area contributed by atoms with E-state index in [1.54, 1.807) is 0 Å². The summed E-state index contributed by atoms with van der Waals surface area (Å²) in [6.07, 6.45) is 17.9. The first-order valence-electron chi connectivity index (χ1n) is 8.64. The predicted molar refractivity (Wildman–Crippen MR) is 86.5 cm³/mol. The van der Waals surface area contributed by atoms with E-state index in [0.717, 1.165) is 13.0 Å². The van der Waals surface area contributed by atoms with Gasteiger partial charge in [0.15, 0.2) is 0 Å². The molecule has 0 spiro atoms. The maximum absolute atomic E-state index is 5.67. The topological polar surface area (TPSA) is 9.23 Å². The van der Waals surface area contributed by atoms with Crippen LogP contribution in [0.1, 0.15) is 97.8 Å². The lowest BCUT2D eigenvalue weighted by Gasteiger charge is -2.06. The van der Waals surface area contributed by atoms with E-state index in [2.05, 4.69) is 20.8 Å². The van der Waals surface area contributed by atoms with Crippen molar-refractivity contribution < 1.29 is 4.74 Å². The molecule has 1 nitrogen and oxygen atoms in total. The van der Waals surface area contributed by atoms with Crippen LogP contribution in [0.4, 0.5) is 0 Å². The summed E-state index contributed by atoms with van der Waals surface area (Å²) in [5.74, 6) is 0. The van der Waals surface area contributed by atoms with Gasteiger partial charge in [0.25, 0.3) is 0 Å². The zero-order valence-corrected chi connectivity index (χ0v) is 13.7. The van der Waals surface area contributed by atoms with Crippen LogP contribution in [0.2, 0.25) is 0 Å². The zero-order chi connectivity index (χ0) is 14.2. The third-order valence-electron chi connectivity index (χ3n) is 3.67. The summed E-state index contributed by atoms with van der Waals surface area (Å²) < 4.78 is 5.67. The van der Waals surface area contributed by atoms with Crippen molar-refractivity contribution in [2.75, 3.05) is 6.61 Å². The number of ether oxygens (including phenoxy) is 1. The molecule has 0 amide bonds. The minimum absolute atomic E-state index is 0.907. The van der Waals surface area contributed by atoms with Crippen molar-refractivity contribution in [3.8, 4) is 0 Å². The molecule has 0 saturated heterocycles. The summed E-state index contributed by atoms with van der Waals surface area (Å²) in [5, 5.41) is 0. The molecule has 0 bridgehead atoms. The van der Waals surface area contributed by atoms with E-state index in [1.807, 2.05) is 6.26 Å². The third kappa shape index (κ3) is 13.8. The van der Waals surface area contributed by atoms with Crippen molar-refractivity contribution in [3.63, 3.8) is 0 Å². The molecule has 0 N–H and O–H groups in total. The van der Waals surface area contributed by atoms with Crippen LogP contribution < -0.4 is 0 Å². The van der Waals surface area contributed by atoms with E-state index in [4.69, 9.17) is 4.74 Å². The smallest absolute Gasteiger partial charge is 0.0873 e. The largest absolute Gasteiger partial charge is 0.501 e. The van der Waals surface area contributed by atoms with Crippen LogP contribution in [0.3, 0.4) is 0 Å². The lowest BCUT2D eigenvalue weighted by molar-refractivity contribution is 0.236. The fourth-order valence-electron chi connectivity index (χ4n) is 2.22. The third-order valence-corrected chi connectivity index (χ3v) is 3.67. The normalized spacial score (nSPS) is 11.8. The lowest BCUT2D eigenvalue weighted by Crippen LogP contribution is -1.91. The Morgan fingerprint density at radius 2 is 1.32 bits per heavy atom. The van der Waals surface area contributed by atoms with Gasteiger partial charge in [-0.15, -0.1) is 0 Å². The SMILES string of the molecule is CCCCCCCCCCO/C=C(\CC)CCCC. The van der Waals surface area contributed by atoms with Gasteiger partial charge in [0.2, 0.25) is 0 Å². The van der Waals surface area contributed by atoms with Gasteiger partial charge in [-0.1, -0.05) is 72.1 Å². The number of allylic oxidation sites excluding steroid dienone is 1. The average Bonchev–Trinajstić information content (AvgIpc) is 2.44. The molecule has 0 saturated carbocycles. The van der Waals surface area contributed by atoms with Crippen LogP contribution in [-0.2, 0) is 4.74 Å². The van der Waals surface area contributed by atoms with Gasteiger partial charge in [-0.05, 0) is 31.3 Å². The Kier molecular flexibility index (Phi) is 15.2. The first kappa shape index (κ1) is 18.5. The van der Waals surface area contributed by atoms with Gasteiger partial charge in [-0.3, -0.25) is 0 Å². The highest BCUT2D eigenvalue weighted by molar-refractivity contribution is 4.96. The van der Waals surface area contributed by atoms with Crippen LogP contribution in [0.5, 0.6) is 0 Å². The van der Waals surface area contributed by atoms with Gasteiger partial charge >= 0.3 is 0 Å². The highest BCUT2D eigenvalue weighted by atomic mass is 16.5. The number of unbranched alkanes of at least 4 members (excludes halogenated alkanes) is 8. The fraction of sp³-hybridized carbons (Fsp3) is 0.889. The number of hydrogen-bond acceptors (Lipinski definition) is 1. The Morgan fingerprint density at radius 1 is 0.737 bits per heavy atom. The van der Waals surface area contributed by atoms with Crippen molar-refractivity contribution in [1.29, 1.82) is 0 Å². The minimum Gasteiger partial charge on any atom is -0.501 e. The van der Waals surface area contributed by atoms with Crippen molar-refractivity contribution in [2.45, 2.75) is 97.8 Å². The van der Waals surface area contributed by atoms with Crippen LogP contribution in [0, 0.1) is 0 Å². The molecule has 0 aromatic carbocycles. The van der Waals surface area contributed by atoms with Crippen molar-refractivity contribution in [3.05, 3.63) is 11.8 Å². The molecule has 0 aliphatic rings. The molecule has 0 aliphatic heterocycles. The summed E-state index contributed by atoms with van der Waals surface area (Å²) >= 11 is 0. The van der Waals surface area contributed by atoms with E-state index in [-0.39, 0.29) is 0 Å². The highest BCUT2D eigenvalue weighted by Crippen LogP contribution is 2.12. The summed E-state index contributed by atoms with van der Waals surface area (Å²) in [7, 11) is 0. The van der Waals surface area contributed by atoms with Crippen molar-refractivity contribution in [1.82, 2.24) is 0 Å². The van der Waals surface area contributed by atoms with Gasteiger partial charge in [-0.25, -0.2) is 0 Å². The van der Waals surface area contributed by atoms with E-state index < -0.39 is 0 Å². The Balaban J connectivity index is 3.30. The second-order valence-electron chi connectivity index (χ2n) is 5.58. The Morgan fingerprint density at radius 3 is 1.89 bits per heavy atom. The van der Waals surface area contributed by atoms with Gasteiger partial charge in [0.05, 0.1) is 12.9 Å². The van der Waals surface area contributed by atoms with E-state index in [1.165, 1.54) is 76.2 Å². The van der Waals surface area contributed by atoms with Crippen LogP contribution >= 0.6 is 0 Å². The highest BCUT2D eigenvalue weighted by Gasteiger charge is 1.95. The van der Waals surface area contributed by atoms with Crippen molar-refractivity contribution in [2.24, 2.45) is 0 Å². The Labute approximate surface area is 121 Å². The van der Waals surface area contributed by atoms with Gasteiger partial charge in [0, 0.05) is 0 Å². The molecular weight excluding hydrogens is 232 g/mol. The van der Waals surface area contributed by atoms with Gasteiger partial charge in [0.1, 0.15) is 0 Å². The molecule has 19 heavy (non-hydrogen) atoms. The Bertz CT molecular complexity index is 196. The second kappa shape index (κ2) is 15.6. The predicted octanol–water partition coefficient (Wildman–Crippen LogP) is 6.63. The first-order valence-corrected chi connectivity index (χ1v) is 8.64. The molecule has 0 atom stereocenters. The maximum Gasteiger partial charge on any atom is 0.0873 e. The first-order chi connectivity index (χ1) is 9.35. The second-order valence-corrected chi connectivity index (χ2v) is 5.58. The molecule has 0 heterocycles. The standard InChI is InChI=1S/C18H36O/c1-4-7-9-10-11-12-13-14-16-19-17-18(6-3)15-8-5-2/h17H,4-16H2,1-3H3/b18-17+. The molecule has 0 unspecified atom stereocenters. The molecular formula is C18H36O. The van der Waals surface area contributed by atoms with E-state index in [9.17, 15) is 0 Å². The summed E-state index contributed by atoms with van der Waals surface area (Å²) in [5.41, 5.74) is 1.47. The van der Waals surface area contributed by atoms with Gasteiger partial charge in [-0.2, -0.15) is 0 Å². The maximum atomic E-state index is 5.67. The van der Waals surface area contributed by atoms with Crippen LogP contribution in [-0.4, -0.2) is 6.61 Å². The quantitative estimate of drug-likeness (QED) is 0.254. The monoisotopic (exact) mass is 268 g/mol. The molecule has 0 aromatic heterocycles.